The number of hydrogen-bond acceptors (Lipinski definition) is 4. The van der Waals surface area contributed by atoms with Gasteiger partial charge in [0, 0.05) is 10.7 Å². The lowest BCUT2D eigenvalue weighted by Gasteiger charge is -2.12. The summed E-state index contributed by atoms with van der Waals surface area (Å²) < 4.78 is 6.12. The van der Waals surface area contributed by atoms with E-state index in [1.807, 2.05) is 31.2 Å². The van der Waals surface area contributed by atoms with Crippen molar-refractivity contribution in [3.8, 4) is 0 Å². The average Bonchev–Trinajstić information content (AvgIpc) is 3.23. The molecule has 0 unspecified atom stereocenters. The molecular formula is C16H17NO3S. The highest BCUT2D eigenvalue weighted by Crippen LogP contribution is 2.32. The van der Waals surface area contributed by atoms with E-state index in [-0.39, 0.29) is 18.6 Å². The van der Waals surface area contributed by atoms with Crippen molar-refractivity contribution in [2.45, 2.75) is 25.8 Å². The first kappa shape index (κ1) is 14.1. The quantitative estimate of drug-likeness (QED) is 0.864. The molecule has 1 N–H and O–H groups in total. The summed E-state index contributed by atoms with van der Waals surface area (Å²) in [4.78, 5) is 24.2. The van der Waals surface area contributed by atoms with E-state index in [2.05, 4.69) is 5.32 Å². The molecule has 0 radical (unpaired) electrons. The highest BCUT2D eigenvalue weighted by atomic mass is 32.1. The number of fused-ring (bicyclic) bond motifs is 1. The molecule has 1 saturated carbocycles. The Balaban J connectivity index is 1.54. The third-order valence-electron chi connectivity index (χ3n) is 3.68. The predicted molar refractivity (Wildman–Crippen MR) is 82.4 cm³/mol. The summed E-state index contributed by atoms with van der Waals surface area (Å²) in [6.45, 7) is 1.77. The van der Waals surface area contributed by atoms with Gasteiger partial charge in [0.25, 0.3) is 5.91 Å². The van der Waals surface area contributed by atoms with Crippen LogP contribution >= 0.6 is 11.3 Å². The molecular weight excluding hydrogens is 286 g/mol. The first-order valence-corrected chi connectivity index (χ1v) is 7.90. The van der Waals surface area contributed by atoms with Gasteiger partial charge < -0.3 is 10.1 Å². The van der Waals surface area contributed by atoms with Crippen LogP contribution in [-0.4, -0.2) is 24.5 Å². The zero-order valence-electron chi connectivity index (χ0n) is 11.8. The van der Waals surface area contributed by atoms with Crippen LogP contribution in [0.2, 0.25) is 0 Å². The molecule has 110 valence electrons. The van der Waals surface area contributed by atoms with E-state index < -0.39 is 5.97 Å². The standard InChI is InChI=1S/C16H17NO3S/c1-10(11-6-7-11)17-15(18)9-20-16(19)14-8-12-4-2-3-5-13(12)21-14/h2-5,8,10-11H,6-7,9H2,1H3,(H,17,18)/t10-/m0/s1. The molecule has 3 rings (SSSR count). The summed E-state index contributed by atoms with van der Waals surface area (Å²) in [7, 11) is 0. The van der Waals surface area contributed by atoms with E-state index in [0.29, 0.717) is 10.8 Å². The molecule has 2 aromatic rings. The zero-order valence-corrected chi connectivity index (χ0v) is 12.6. The molecule has 1 amide bonds. The van der Waals surface area contributed by atoms with Crippen molar-refractivity contribution in [2.75, 3.05) is 6.61 Å². The Hall–Kier alpha value is -1.88. The van der Waals surface area contributed by atoms with Crippen LogP contribution in [0.25, 0.3) is 10.1 Å². The molecule has 0 bridgehead atoms. The summed E-state index contributed by atoms with van der Waals surface area (Å²) in [5, 5.41) is 3.88. The van der Waals surface area contributed by atoms with Crippen molar-refractivity contribution in [3.05, 3.63) is 35.2 Å². The van der Waals surface area contributed by atoms with Crippen molar-refractivity contribution in [1.82, 2.24) is 5.32 Å². The van der Waals surface area contributed by atoms with Gasteiger partial charge in [-0.2, -0.15) is 0 Å². The van der Waals surface area contributed by atoms with Crippen LogP contribution in [0.1, 0.15) is 29.4 Å². The smallest absolute Gasteiger partial charge is 0.348 e. The third kappa shape index (κ3) is 3.42. The van der Waals surface area contributed by atoms with Crippen molar-refractivity contribution >= 4 is 33.3 Å². The molecule has 1 heterocycles. The van der Waals surface area contributed by atoms with Gasteiger partial charge in [0.15, 0.2) is 6.61 Å². The predicted octanol–water partition coefficient (Wildman–Crippen LogP) is 2.97. The van der Waals surface area contributed by atoms with Gasteiger partial charge in [0.1, 0.15) is 4.88 Å². The minimum Gasteiger partial charge on any atom is -0.451 e. The minimum atomic E-state index is -0.439. The van der Waals surface area contributed by atoms with Crippen LogP contribution in [0, 0.1) is 5.92 Å². The molecule has 1 fully saturated rings. The van der Waals surface area contributed by atoms with Crippen molar-refractivity contribution < 1.29 is 14.3 Å². The fraction of sp³-hybridized carbons (Fsp3) is 0.375. The maximum atomic E-state index is 12.0. The maximum Gasteiger partial charge on any atom is 0.348 e. The van der Waals surface area contributed by atoms with Crippen LogP contribution in [0.15, 0.2) is 30.3 Å². The third-order valence-corrected chi connectivity index (χ3v) is 4.77. The Bertz CT molecular complexity index is 642. The van der Waals surface area contributed by atoms with E-state index in [9.17, 15) is 9.59 Å². The molecule has 0 spiro atoms. The van der Waals surface area contributed by atoms with Gasteiger partial charge in [-0.25, -0.2) is 4.79 Å². The minimum absolute atomic E-state index is 0.167. The number of nitrogens with one attached hydrogen (secondary N) is 1. The number of carbonyl (C=O) groups excluding carboxylic acids is 2. The van der Waals surface area contributed by atoms with E-state index in [4.69, 9.17) is 4.74 Å². The van der Waals surface area contributed by atoms with Gasteiger partial charge in [0.2, 0.25) is 0 Å². The van der Waals surface area contributed by atoms with E-state index in [1.165, 1.54) is 24.2 Å². The number of hydrogen-bond donors (Lipinski definition) is 1. The Labute approximate surface area is 127 Å². The summed E-state index contributed by atoms with van der Waals surface area (Å²) in [5.74, 6) is -0.0819. The fourth-order valence-corrected chi connectivity index (χ4v) is 3.25. The van der Waals surface area contributed by atoms with E-state index in [0.717, 1.165) is 10.1 Å². The molecule has 1 aromatic heterocycles. The Morgan fingerprint density at radius 3 is 2.86 bits per heavy atom. The molecule has 4 nitrogen and oxygen atoms in total. The van der Waals surface area contributed by atoms with Crippen LogP contribution in [0.4, 0.5) is 0 Å². The average molecular weight is 303 g/mol. The molecule has 1 aliphatic carbocycles. The topological polar surface area (TPSA) is 55.4 Å². The van der Waals surface area contributed by atoms with Gasteiger partial charge in [-0.05, 0) is 43.2 Å². The van der Waals surface area contributed by atoms with Crippen LogP contribution in [0.3, 0.4) is 0 Å². The molecule has 5 heteroatoms. The number of benzene rings is 1. The van der Waals surface area contributed by atoms with E-state index in [1.54, 1.807) is 6.07 Å². The van der Waals surface area contributed by atoms with Gasteiger partial charge >= 0.3 is 5.97 Å². The first-order chi connectivity index (χ1) is 10.1. The maximum absolute atomic E-state index is 12.0. The lowest BCUT2D eigenvalue weighted by atomic mass is 10.2. The molecule has 1 aromatic carbocycles. The van der Waals surface area contributed by atoms with Crippen molar-refractivity contribution in [2.24, 2.45) is 5.92 Å². The number of carbonyl (C=O) groups is 2. The Kier molecular flexibility index (Phi) is 3.92. The van der Waals surface area contributed by atoms with Crippen LogP contribution < -0.4 is 5.32 Å². The molecule has 21 heavy (non-hydrogen) atoms. The fourth-order valence-electron chi connectivity index (χ4n) is 2.29. The summed E-state index contributed by atoms with van der Waals surface area (Å²) in [5.41, 5.74) is 0. The molecule has 0 aliphatic heterocycles. The summed E-state index contributed by atoms with van der Waals surface area (Å²) >= 11 is 1.38. The lowest BCUT2D eigenvalue weighted by Crippen LogP contribution is -2.37. The second-order valence-corrected chi connectivity index (χ2v) is 6.50. The number of rotatable bonds is 5. The normalized spacial score (nSPS) is 15.7. The van der Waals surface area contributed by atoms with E-state index >= 15 is 0 Å². The SMILES string of the molecule is C[C@H](NC(=O)COC(=O)c1cc2ccccc2s1)C1CC1. The van der Waals surface area contributed by atoms with Gasteiger partial charge in [-0.3, -0.25) is 4.79 Å². The second kappa shape index (κ2) is 5.85. The molecule has 0 saturated heterocycles. The Morgan fingerprint density at radius 1 is 1.38 bits per heavy atom. The number of thiophene rings is 1. The van der Waals surface area contributed by atoms with Gasteiger partial charge in [0.05, 0.1) is 0 Å². The lowest BCUT2D eigenvalue weighted by molar-refractivity contribution is -0.124. The number of ether oxygens (including phenoxy) is 1. The summed E-state index contributed by atoms with van der Waals surface area (Å²) in [6.07, 6.45) is 2.34. The first-order valence-electron chi connectivity index (χ1n) is 7.08. The van der Waals surface area contributed by atoms with Crippen LogP contribution in [0.5, 0.6) is 0 Å². The second-order valence-electron chi connectivity index (χ2n) is 5.42. The van der Waals surface area contributed by atoms with Gasteiger partial charge in [-0.1, -0.05) is 18.2 Å². The number of amides is 1. The van der Waals surface area contributed by atoms with Crippen molar-refractivity contribution in [1.29, 1.82) is 0 Å². The van der Waals surface area contributed by atoms with Crippen molar-refractivity contribution in [3.63, 3.8) is 0 Å². The van der Waals surface area contributed by atoms with Gasteiger partial charge in [-0.15, -0.1) is 11.3 Å². The molecule has 1 atom stereocenters. The Morgan fingerprint density at radius 2 is 2.14 bits per heavy atom. The zero-order chi connectivity index (χ0) is 14.8. The number of esters is 1. The van der Waals surface area contributed by atoms with Crippen LogP contribution in [-0.2, 0) is 9.53 Å². The highest BCUT2D eigenvalue weighted by Gasteiger charge is 2.29. The monoisotopic (exact) mass is 303 g/mol. The largest absolute Gasteiger partial charge is 0.451 e. The molecule has 1 aliphatic rings. The highest BCUT2D eigenvalue weighted by molar-refractivity contribution is 7.20. The summed E-state index contributed by atoms with van der Waals surface area (Å²) in [6, 6.07) is 9.73.